The number of rotatable bonds is 5. The Bertz CT molecular complexity index is 981. The van der Waals surface area contributed by atoms with Crippen molar-refractivity contribution in [3.63, 3.8) is 0 Å². The van der Waals surface area contributed by atoms with Crippen LogP contribution in [0.2, 0.25) is 0 Å². The van der Waals surface area contributed by atoms with Crippen LogP contribution in [0.25, 0.3) is 0 Å². The van der Waals surface area contributed by atoms with Crippen molar-refractivity contribution in [2.45, 2.75) is 11.8 Å². The van der Waals surface area contributed by atoms with Gasteiger partial charge in [-0.3, -0.25) is 4.79 Å². The summed E-state index contributed by atoms with van der Waals surface area (Å²) in [5, 5.41) is 2.07. The number of halogens is 1. The second-order valence-electron chi connectivity index (χ2n) is 5.29. The van der Waals surface area contributed by atoms with Crippen LogP contribution < -0.4 is 25.9 Å². The molecule has 0 aliphatic carbocycles. The van der Waals surface area contributed by atoms with E-state index in [0.717, 1.165) is 21.2 Å². The van der Waals surface area contributed by atoms with Crippen molar-refractivity contribution >= 4 is 27.7 Å². The van der Waals surface area contributed by atoms with Gasteiger partial charge in [0.25, 0.3) is 0 Å². The first-order chi connectivity index (χ1) is 12.8. The van der Waals surface area contributed by atoms with Crippen molar-refractivity contribution in [1.82, 2.24) is 0 Å². The van der Waals surface area contributed by atoms with E-state index in [0.29, 0.717) is 5.56 Å². The summed E-state index contributed by atoms with van der Waals surface area (Å²) in [5.41, 5.74) is 1.64. The number of thiophene rings is 1. The summed E-state index contributed by atoms with van der Waals surface area (Å²) in [5.74, 6) is 0.881. The lowest BCUT2D eigenvalue weighted by Gasteiger charge is -2.05. The Morgan fingerprint density at radius 2 is 1.81 bits per heavy atom. The molecule has 0 N–H and O–H groups in total. The standard InChI is InChI=1S/C12H10IO2S.C7H8O3S/c1-15-11-5-4-9(8-14)7-10(11)13-12-3-2-6-16-12;1-6-2-4-7(5-3-6)11(8,9)10/h2-8H,1H3;2-5H,1H3,(H,8,9,10)/q+1;/p-1. The van der Waals surface area contributed by atoms with E-state index in [1.807, 2.05) is 19.1 Å². The average molecular weight is 516 g/mol. The molecule has 2 aromatic carbocycles. The summed E-state index contributed by atoms with van der Waals surface area (Å²) in [4.78, 5) is 10.6. The van der Waals surface area contributed by atoms with E-state index >= 15 is 0 Å². The van der Waals surface area contributed by atoms with Gasteiger partial charge < -0.3 is 9.29 Å². The fraction of sp³-hybridized carbons (Fsp3) is 0.105. The van der Waals surface area contributed by atoms with Gasteiger partial charge in [-0.1, -0.05) is 29.0 Å². The highest BCUT2D eigenvalue weighted by atomic mass is 127. The first-order valence-electron chi connectivity index (χ1n) is 7.67. The predicted molar refractivity (Wildman–Crippen MR) is 99.2 cm³/mol. The Hall–Kier alpha value is -1.75. The van der Waals surface area contributed by atoms with Crippen LogP contribution in [-0.2, 0) is 10.1 Å². The van der Waals surface area contributed by atoms with Gasteiger partial charge in [-0.25, -0.2) is 8.42 Å². The Labute approximate surface area is 173 Å². The highest BCUT2D eigenvalue weighted by Gasteiger charge is 2.22. The number of aldehydes is 1. The van der Waals surface area contributed by atoms with E-state index in [-0.39, 0.29) is 26.1 Å². The molecule has 3 aromatic rings. The minimum Gasteiger partial charge on any atom is -0.744 e. The molecule has 0 fully saturated rings. The molecule has 0 unspecified atom stereocenters. The van der Waals surface area contributed by atoms with Gasteiger partial charge in [0.15, 0.2) is 5.75 Å². The number of benzene rings is 2. The second kappa shape index (κ2) is 9.98. The van der Waals surface area contributed by atoms with E-state index in [1.165, 1.54) is 15.0 Å². The lowest BCUT2D eigenvalue weighted by Crippen LogP contribution is -3.61. The number of methoxy groups -OCH3 is 1. The van der Waals surface area contributed by atoms with Crippen LogP contribution in [0.15, 0.2) is 64.9 Å². The molecule has 0 atom stereocenters. The predicted octanol–water partition coefficient (Wildman–Crippen LogP) is 0.597. The van der Waals surface area contributed by atoms with Crippen molar-refractivity contribution in [3.05, 3.63) is 77.6 Å². The van der Waals surface area contributed by atoms with Crippen LogP contribution in [0.5, 0.6) is 5.75 Å². The fourth-order valence-electron chi connectivity index (χ4n) is 1.95. The van der Waals surface area contributed by atoms with Crippen LogP contribution in [0.3, 0.4) is 0 Å². The fourth-order valence-corrected chi connectivity index (χ4v) is 6.43. The molecular weight excluding hydrogens is 499 g/mol. The summed E-state index contributed by atoms with van der Waals surface area (Å²) >= 11 is 1.51. The van der Waals surface area contributed by atoms with Crippen molar-refractivity contribution in [1.29, 1.82) is 0 Å². The number of aryl methyl sites for hydroxylation is 1. The number of ether oxygens (including phenoxy) is 1. The maximum atomic E-state index is 10.7. The maximum Gasteiger partial charge on any atom is 0.373 e. The van der Waals surface area contributed by atoms with E-state index in [1.54, 1.807) is 36.6 Å². The molecule has 1 aromatic heterocycles. The normalized spacial score (nSPS) is 10.6. The molecule has 0 saturated carbocycles. The van der Waals surface area contributed by atoms with Gasteiger partial charge >= 0.3 is 21.2 Å². The quantitative estimate of drug-likeness (QED) is 0.282. The summed E-state index contributed by atoms with van der Waals surface area (Å²) in [6, 6.07) is 15.5. The van der Waals surface area contributed by atoms with Crippen LogP contribution in [0.4, 0.5) is 0 Å². The summed E-state index contributed by atoms with van der Waals surface area (Å²) in [7, 11) is -2.61. The van der Waals surface area contributed by atoms with Crippen LogP contribution in [-0.4, -0.2) is 26.4 Å². The summed E-state index contributed by atoms with van der Waals surface area (Å²) in [6.07, 6.45) is 0.876. The maximum absolute atomic E-state index is 10.7. The van der Waals surface area contributed by atoms with Crippen molar-refractivity contribution in [2.24, 2.45) is 0 Å². The van der Waals surface area contributed by atoms with E-state index in [9.17, 15) is 17.8 Å². The largest absolute Gasteiger partial charge is 0.744 e. The molecular formula is C19H17IO5S2. The molecule has 142 valence electrons. The molecule has 0 aliphatic heterocycles. The molecule has 1 heterocycles. The third-order valence-electron chi connectivity index (χ3n) is 3.30. The number of carbonyl (C=O) groups is 1. The molecule has 0 spiro atoms. The number of hydrogen-bond acceptors (Lipinski definition) is 6. The van der Waals surface area contributed by atoms with Crippen LogP contribution in [0, 0.1) is 13.4 Å². The number of carbonyl (C=O) groups excluding carboxylic acids is 1. The second-order valence-corrected chi connectivity index (χ2v) is 11.2. The molecule has 0 radical (unpaired) electrons. The molecule has 3 rings (SSSR count). The van der Waals surface area contributed by atoms with Crippen LogP contribution >= 0.6 is 11.3 Å². The zero-order chi connectivity index (χ0) is 19.9. The molecule has 0 aliphatic rings. The molecule has 8 heteroatoms. The van der Waals surface area contributed by atoms with Gasteiger partial charge in [-0.05, 0) is 42.6 Å². The first-order valence-corrected chi connectivity index (χ1v) is 12.1. The molecule has 27 heavy (non-hydrogen) atoms. The van der Waals surface area contributed by atoms with Gasteiger partial charge in [0.2, 0.25) is 6.45 Å². The average Bonchev–Trinajstić information content (AvgIpc) is 3.15. The van der Waals surface area contributed by atoms with Crippen LogP contribution in [0.1, 0.15) is 15.9 Å². The Morgan fingerprint density at radius 1 is 1.11 bits per heavy atom. The summed E-state index contributed by atoms with van der Waals surface area (Å²) < 4.78 is 39.0. The van der Waals surface area contributed by atoms with Gasteiger partial charge in [0.05, 0.1) is 12.0 Å². The lowest BCUT2D eigenvalue weighted by atomic mass is 10.2. The molecule has 0 bridgehead atoms. The first kappa shape index (κ1) is 21.5. The Morgan fingerprint density at radius 3 is 2.33 bits per heavy atom. The highest BCUT2D eigenvalue weighted by molar-refractivity contribution is 7.85. The van der Waals surface area contributed by atoms with E-state index < -0.39 is 10.1 Å². The summed E-state index contributed by atoms with van der Waals surface area (Å²) in [6.45, 7) is 1.82. The van der Waals surface area contributed by atoms with Crippen molar-refractivity contribution < 1.29 is 43.7 Å². The zero-order valence-electron chi connectivity index (χ0n) is 14.6. The molecule has 0 saturated heterocycles. The lowest BCUT2D eigenvalue weighted by molar-refractivity contribution is -0.592. The van der Waals surface area contributed by atoms with Gasteiger partial charge in [0, 0.05) is 17.7 Å². The minimum absolute atomic E-state index is 0.178. The third-order valence-corrected chi connectivity index (χ3v) is 8.40. The van der Waals surface area contributed by atoms with Gasteiger partial charge in [-0.2, -0.15) is 0 Å². The third kappa shape index (κ3) is 6.73. The van der Waals surface area contributed by atoms with Crippen molar-refractivity contribution in [3.8, 4) is 5.75 Å². The van der Waals surface area contributed by atoms with Crippen molar-refractivity contribution in [2.75, 3.05) is 7.11 Å². The van der Waals surface area contributed by atoms with Gasteiger partial charge in [-0.15, -0.1) is 0 Å². The number of hydrogen-bond donors (Lipinski definition) is 0. The van der Waals surface area contributed by atoms with E-state index in [4.69, 9.17) is 4.74 Å². The Balaban J connectivity index is 0.000000208. The zero-order valence-corrected chi connectivity index (χ0v) is 18.4. The smallest absolute Gasteiger partial charge is 0.373 e. The SMILES string of the molecule is COc1ccc(C=O)cc1[I+]c1cccs1.Cc1ccc(S(=O)(=O)[O-])cc1. The monoisotopic (exact) mass is 516 g/mol. The van der Waals surface area contributed by atoms with E-state index in [2.05, 4.69) is 17.5 Å². The van der Waals surface area contributed by atoms with Gasteiger partial charge in [0.1, 0.15) is 16.4 Å². The Kier molecular flexibility index (Phi) is 7.96. The minimum atomic E-state index is -4.27. The topological polar surface area (TPSA) is 83.5 Å². The highest BCUT2D eigenvalue weighted by Crippen LogP contribution is 2.11. The molecule has 5 nitrogen and oxygen atoms in total. The molecule has 0 amide bonds.